The summed E-state index contributed by atoms with van der Waals surface area (Å²) in [6, 6.07) is 11.1. The van der Waals surface area contributed by atoms with Gasteiger partial charge in [-0.15, -0.1) is 0 Å². The number of aliphatic carboxylic acids is 1. The molecule has 0 bridgehead atoms. The number of aryl methyl sites for hydroxylation is 1. The number of nitrogens with one attached hydrogen (secondary N) is 1. The number of alkyl halides is 3. The van der Waals surface area contributed by atoms with Gasteiger partial charge in [-0.3, -0.25) is 9.78 Å². The van der Waals surface area contributed by atoms with Gasteiger partial charge in [0.05, 0.1) is 5.69 Å². The van der Waals surface area contributed by atoms with Gasteiger partial charge in [-0.2, -0.15) is 13.2 Å². The van der Waals surface area contributed by atoms with Crippen LogP contribution in [0.3, 0.4) is 0 Å². The fraction of sp³-hybridized carbons (Fsp3) is 0.217. The summed E-state index contributed by atoms with van der Waals surface area (Å²) in [4.78, 5) is 32.0. The zero-order valence-electron chi connectivity index (χ0n) is 18.3. The maximum absolute atomic E-state index is 12.9. The number of amides is 1. The van der Waals surface area contributed by atoms with Gasteiger partial charge in [0.25, 0.3) is 5.91 Å². The smallest absolute Gasteiger partial charge is 0.483 e. The molecule has 1 aromatic carbocycles. The number of aromatic nitrogens is 2. The van der Waals surface area contributed by atoms with Gasteiger partial charge in [-0.05, 0) is 54.4 Å². The maximum atomic E-state index is 12.9. The number of pyridine rings is 2. The molecule has 0 atom stereocenters. The second-order valence-electron chi connectivity index (χ2n) is 7.30. The minimum Gasteiger partial charge on any atom is -0.483 e. The van der Waals surface area contributed by atoms with E-state index in [2.05, 4.69) is 15.3 Å². The van der Waals surface area contributed by atoms with Crippen molar-refractivity contribution < 1.29 is 32.6 Å². The molecule has 2 N–H and O–H groups in total. The van der Waals surface area contributed by atoms with Gasteiger partial charge in [0.15, 0.2) is 6.61 Å². The molecule has 4 rings (SSSR count). The first-order chi connectivity index (χ1) is 16.6. The van der Waals surface area contributed by atoms with Crippen LogP contribution >= 0.6 is 11.6 Å². The van der Waals surface area contributed by atoms with Crippen LogP contribution in [-0.2, 0) is 9.59 Å². The standard InChI is InChI=1S/C21H19ClN4O2.C2HF3O2/c1-14-10-17(22)2-3-19(14)28-13-20(27)26-9-8-24-21-18(26)11-16(12-25-21)15-4-6-23-7-5-15;3-2(4,5)1(6)7/h2-7,10-12H,8-9,13H2,1H3,(H,24,25);(H,6,7). The second-order valence-corrected chi connectivity index (χ2v) is 7.74. The Labute approximate surface area is 203 Å². The highest BCUT2D eigenvalue weighted by atomic mass is 35.5. The van der Waals surface area contributed by atoms with E-state index < -0.39 is 12.1 Å². The fourth-order valence-electron chi connectivity index (χ4n) is 3.16. The zero-order chi connectivity index (χ0) is 25.6. The van der Waals surface area contributed by atoms with Crippen LogP contribution in [-0.4, -0.2) is 52.8 Å². The van der Waals surface area contributed by atoms with Crippen LogP contribution in [0.15, 0.2) is 55.0 Å². The van der Waals surface area contributed by atoms with Crippen LogP contribution < -0.4 is 15.0 Å². The molecule has 184 valence electrons. The van der Waals surface area contributed by atoms with Crippen LogP contribution in [0.25, 0.3) is 11.1 Å². The Morgan fingerprint density at radius 2 is 1.86 bits per heavy atom. The molecular formula is C23H20ClF3N4O4. The quantitative estimate of drug-likeness (QED) is 0.531. The van der Waals surface area contributed by atoms with Crippen molar-refractivity contribution in [3.63, 3.8) is 0 Å². The van der Waals surface area contributed by atoms with Crippen molar-refractivity contribution in [2.24, 2.45) is 0 Å². The number of fused-ring (bicyclic) bond motifs is 1. The summed E-state index contributed by atoms with van der Waals surface area (Å²) >= 11 is 5.97. The van der Waals surface area contributed by atoms with E-state index in [1.165, 1.54) is 0 Å². The van der Waals surface area contributed by atoms with Crippen molar-refractivity contribution in [1.82, 2.24) is 9.97 Å². The molecule has 3 heterocycles. The van der Waals surface area contributed by atoms with E-state index in [1.807, 2.05) is 31.2 Å². The van der Waals surface area contributed by atoms with Gasteiger partial charge >= 0.3 is 12.1 Å². The topological polar surface area (TPSA) is 105 Å². The van der Waals surface area contributed by atoms with Gasteiger partial charge in [-0.1, -0.05) is 11.6 Å². The average molecular weight is 509 g/mol. The number of carboxylic acids is 1. The average Bonchev–Trinajstić information content (AvgIpc) is 2.83. The Balaban J connectivity index is 0.000000429. The summed E-state index contributed by atoms with van der Waals surface area (Å²) in [5.74, 6) is -1.53. The summed E-state index contributed by atoms with van der Waals surface area (Å²) in [5, 5.41) is 11.0. The first-order valence-electron chi connectivity index (χ1n) is 10.2. The lowest BCUT2D eigenvalue weighted by atomic mass is 10.1. The van der Waals surface area contributed by atoms with E-state index in [4.69, 9.17) is 26.2 Å². The summed E-state index contributed by atoms with van der Waals surface area (Å²) in [6.45, 7) is 3.04. The van der Waals surface area contributed by atoms with Crippen molar-refractivity contribution in [2.75, 3.05) is 29.9 Å². The molecule has 35 heavy (non-hydrogen) atoms. The van der Waals surface area contributed by atoms with Crippen LogP contribution in [0.5, 0.6) is 5.75 Å². The molecule has 1 aliphatic rings. The second kappa shape index (κ2) is 11.0. The van der Waals surface area contributed by atoms with Gasteiger partial charge in [0, 0.05) is 42.3 Å². The Hall–Kier alpha value is -3.86. The molecule has 0 saturated heterocycles. The molecular weight excluding hydrogens is 489 g/mol. The van der Waals surface area contributed by atoms with Crippen molar-refractivity contribution >= 4 is 35.0 Å². The van der Waals surface area contributed by atoms with Crippen molar-refractivity contribution in [3.05, 3.63) is 65.6 Å². The minimum atomic E-state index is -5.08. The third-order valence-corrected chi connectivity index (χ3v) is 5.07. The Bertz CT molecular complexity index is 1210. The van der Waals surface area contributed by atoms with E-state index >= 15 is 0 Å². The molecule has 0 radical (unpaired) electrons. The summed E-state index contributed by atoms with van der Waals surface area (Å²) in [7, 11) is 0. The van der Waals surface area contributed by atoms with Crippen molar-refractivity contribution in [2.45, 2.75) is 13.1 Å². The third-order valence-electron chi connectivity index (χ3n) is 4.83. The summed E-state index contributed by atoms with van der Waals surface area (Å²) < 4.78 is 37.5. The highest BCUT2D eigenvalue weighted by Crippen LogP contribution is 2.32. The van der Waals surface area contributed by atoms with Crippen molar-refractivity contribution in [1.29, 1.82) is 0 Å². The number of halogens is 4. The first-order valence-corrected chi connectivity index (χ1v) is 10.6. The molecule has 0 saturated carbocycles. The number of benzene rings is 1. The largest absolute Gasteiger partial charge is 0.490 e. The zero-order valence-corrected chi connectivity index (χ0v) is 19.1. The molecule has 12 heteroatoms. The van der Waals surface area contributed by atoms with Crippen LogP contribution in [0.4, 0.5) is 24.7 Å². The number of carbonyl (C=O) groups is 2. The molecule has 2 aromatic heterocycles. The van der Waals surface area contributed by atoms with E-state index in [9.17, 15) is 18.0 Å². The third kappa shape index (κ3) is 6.82. The normalized spacial score (nSPS) is 12.5. The molecule has 8 nitrogen and oxygen atoms in total. The van der Waals surface area contributed by atoms with Gasteiger partial charge in [0.2, 0.25) is 0 Å². The number of carbonyl (C=O) groups excluding carboxylic acids is 1. The highest BCUT2D eigenvalue weighted by Gasteiger charge is 2.38. The molecule has 0 fully saturated rings. The number of carboxylic acid groups (broad SMARTS) is 1. The number of ether oxygens (including phenoxy) is 1. The molecule has 0 unspecified atom stereocenters. The predicted octanol–water partition coefficient (Wildman–Crippen LogP) is 4.58. The van der Waals surface area contributed by atoms with Gasteiger partial charge < -0.3 is 20.1 Å². The van der Waals surface area contributed by atoms with E-state index in [-0.39, 0.29) is 12.5 Å². The van der Waals surface area contributed by atoms with Crippen LogP contribution in [0.2, 0.25) is 5.02 Å². The van der Waals surface area contributed by atoms with E-state index in [1.54, 1.807) is 35.6 Å². The molecule has 1 amide bonds. The number of nitrogens with zero attached hydrogens (tertiary/aromatic N) is 3. The monoisotopic (exact) mass is 508 g/mol. The maximum Gasteiger partial charge on any atom is 0.490 e. The lowest BCUT2D eigenvalue weighted by molar-refractivity contribution is -0.192. The van der Waals surface area contributed by atoms with Crippen LogP contribution in [0, 0.1) is 6.92 Å². The van der Waals surface area contributed by atoms with Crippen LogP contribution in [0.1, 0.15) is 5.56 Å². The highest BCUT2D eigenvalue weighted by molar-refractivity contribution is 6.30. The van der Waals surface area contributed by atoms with E-state index in [0.29, 0.717) is 29.7 Å². The SMILES string of the molecule is Cc1cc(Cl)ccc1OCC(=O)N1CCNc2ncc(-c3ccncc3)cc21.O=C(O)C(F)(F)F. The lowest BCUT2D eigenvalue weighted by Crippen LogP contribution is -2.41. The van der Waals surface area contributed by atoms with Gasteiger partial charge in [0.1, 0.15) is 11.6 Å². The molecule has 3 aromatic rings. The van der Waals surface area contributed by atoms with Crippen molar-refractivity contribution in [3.8, 4) is 16.9 Å². The number of hydrogen-bond donors (Lipinski definition) is 2. The fourth-order valence-corrected chi connectivity index (χ4v) is 3.38. The first kappa shape index (κ1) is 25.8. The Morgan fingerprint density at radius 3 is 2.49 bits per heavy atom. The summed E-state index contributed by atoms with van der Waals surface area (Å²) in [6.07, 6.45) is 0.180. The number of hydrogen-bond acceptors (Lipinski definition) is 6. The summed E-state index contributed by atoms with van der Waals surface area (Å²) in [5.41, 5.74) is 3.57. The van der Waals surface area contributed by atoms with E-state index in [0.717, 1.165) is 22.4 Å². The Kier molecular flexibility index (Phi) is 8.13. The van der Waals surface area contributed by atoms with Gasteiger partial charge in [-0.25, -0.2) is 9.78 Å². The molecule has 0 aliphatic carbocycles. The Morgan fingerprint density at radius 1 is 1.17 bits per heavy atom. The molecule has 0 spiro atoms. The number of rotatable bonds is 4. The minimum absolute atomic E-state index is 0.0542. The number of anilines is 2. The predicted molar refractivity (Wildman–Crippen MR) is 124 cm³/mol. The molecule has 1 aliphatic heterocycles. The lowest BCUT2D eigenvalue weighted by Gasteiger charge is -2.30.